The molecule has 4 saturated carbocycles. The number of fused-ring (bicyclic) bond motifs is 5. The average molecular weight is 377 g/mol. The Bertz CT molecular complexity index is 644. The van der Waals surface area contributed by atoms with E-state index in [4.69, 9.17) is 4.74 Å². The van der Waals surface area contributed by atoms with Crippen LogP contribution >= 0.6 is 0 Å². The zero-order valence-electron chi connectivity index (χ0n) is 17.4. The van der Waals surface area contributed by atoms with E-state index >= 15 is 0 Å². The van der Waals surface area contributed by atoms with E-state index in [0.717, 1.165) is 38.5 Å². The monoisotopic (exact) mass is 376 g/mol. The van der Waals surface area contributed by atoms with E-state index in [2.05, 4.69) is 13.8 Å². The van der Waals surface area contributed by atoms with Gasteiger partial charge in [0.1, 0.15) is 0 Å². The molecule has 8 atom stereocenters. The first-order valence-electron chi connectivity index (χ1n) is 11.0. The predicted octanol–water partition coefficient (Wildman–Crippen LogP) is 4.28. The van der Waals surface area contributed by atoms with Gasteiger partial charge < -0.3 is 9.84 Å². The summed E-state index contributed by atoms with van der Waals surface area (Å²) < 4.78 is 5.84. The van der Waals surface area contributed by atoms with Crippen molar-refractivity contribution in [3.05, 3.63) is 0 Å². The van der Waals surface area contributed by atoms with Crippen LogP contribution in [0.3, 0.4) is 0 Å². The molecule has 1 N–H and O–H groups in total. The summed E-state index contributed by atoms with van der Waals surface area (Å²) in [4.78, 5) is 24.6. The minimum absolute atomic E-state index is 0.0295. The van der Waals surface area contributed by atoms with Crippen LogP contribution in [0.2, 0.25) is 0 Å². The standard InChI is InChI=1S/C23H36O4/c1-14(24)23(27-15(2)25)12-9-20-18-6-5-16-13-17(26)7-10-21(16,3)19(18)8-11-22(20,23)4/h16-20,26H,5-13H2,1-4H3/t16-,17-,18-,19+,20+,21+,22+,23+/m1/s1. The summed E-state index contributed by atoms with van der Waals surface area (Å²) in [5.74, 6) is 2.11. The molecule has 4 aliphatic rings. The first-order chi connectivity index (χ1) is 12.6. The molecular weight excluding hydrogens is 340 g/mol. The molecule has 4 rings (SSSR count). The fraction of sp³-hybridized carbons (Fsp3) is 0.913. The summed E-state index contributed by atoms with van der Waals surface area (Å²) >= 11 is 0. The Kier molecular flexibility index (Phi) is 4.53. The second-order valence-electron chi connectivity index (χ2n) is 10.6. The Morgan fingerprint density at radius 2 is 1.63 bits per heavy atom. The van der Waals surface area contributed by atoms with E-state index < -0.39 is 5.60 Å². The summed E-state index contributed by atoms with van der Waals surface area (Å²) in [6.07, 6.45) is 9.08. The van der Waals surface area contributed by atoms with E-state index in [0.29, 0.717) is 35.5 Å². The first-order valence-corrected chi connectivity index (χ1v) is 11.0. The Morgan fingerprint density at radius 3 is 2.30 bits per heavy atom. The van der Waals surface area contributed by atoms with Crippen LogP contribution < -0.4 is 0 Å². The number of carbonyl (C=O) groups is 2. The topological polar surface area (TPSA) is 63.6 Å². The van der Waals surface area contributed by atoms with Gasteiger partial charge >= 0.3 is 5.97 Å². The lowest BCUT2D eigenvalue weighted by Gasteiger charge is -2.61. The molecule has 0 saturated heterocycles. The molecule has 152 valence electrons. The van der Waals surface area contributed by atoms with Gasteiger partial charge in [-0.2, -0.15) is 0 Å². The molecule has 4 heteroatoms. The van der Waals surface area contributed by atoms with Crippen molar-refractivity contribution in [2.75, 3.05) is 0 Å². The largest absolute Gasteiger partial charge is 0.451 e. The minimum atomic E-state index is -0.922. The SMILES string of the molecule is CC(=O)O[C@]1(C(C)=O)CC[C@H]2[C@@H]3CC[C@@H]4C[C@H](O)CC[C@]4(C)[C@H]3CC[C@@]21C. The number of ketones is 1. The van der Waals surface area contributed by atoms with Crippen molar-refractivity contribution in [2.24, 2.45) is 34.5 Å². The molecule has 0 radical (unpaired) electrons. The quantitative estimate of drug-likeness (QED) is 0.731. The van der Waals surface area contributed by atoms with Crippen LogP contribution in [0.15, 0.2) is 0 Å². The van der Waals surface area contributed by atoms with Gasteiger partial charge in [-0.1, -0.05) is 13.8 Å². The summed E-state index contributed by atoms with van der Waals surface area (Å²) in [7, 11) is 0. The number of carbonyl (C=O) groups excluding carboxylic acids is 2. The van der Waals surface area contributed by atoms with Crippen LogP contribution in [-0.2, 0) is 14.3 Å². The number of ether oxygens (including phenoxy) is 1. The highest BCUT2D eigenvalue weighted by Crippen LogP contribution is 2.69. The molecule has 0 unspecified atom stereocenters. The fourth-order valence-electron chi connectivity index (χ4n) is 8.30. The molecule has 0 bridgehead atoms. The molecule has 4 fully saturated rings. The smallest absolute Gasteiger partial charge is 0.303 e. The van der Waals surface area contributed by atoms with Crippen molar-refractivity contribution in [1.29, 1.82) is 0 Å². The maximum absolute atomic E-state index is 12.7. The molecule has 0 aromatic heterocycles. The summed E-state index contributed by atoms with van der Waals surface area (Å²) in [6.45, 7) is 7.75. The van der Waals surface area contributed by atoms with Crippen LogP contribution in [0, 0.1) is 34.5 Å². The van der Waals surface area contributed by atoms with Gasteiger partial charge in [0.15, 0.2) is 11.4 Å². The highest BCUT2D eigenvalue weighted by Gasteiger charge is 2.68. The molecular formula is C23H36O4. The highest BCUT2D eigenvalue weighted by molar-refractivity contribution is 5.89. The molecule has 0 amide bonds. The lowest BCUT2D eigenvalue weighted by Crippen LogP contribution is -2.59. The van der Waals surface area contributed by atoms with E-state index in [-0.39, 0.29) is 23.3 Å². The lowest BCUT2D eigenvalue weighted by atomic mass is 9.44. The van der Waals surface area contributed by atoms with Gasteiger partial charge in [0.2, 0.25) is 0 Å². The van der Waals surface area contributed by atoms with Gasteiger partial charge in [-0.05, 0) is 93.8 Å². The van der Waals surface area contributed by atoms with Crippen molar-refractivity contribution in [1.82, 2.24) is 0 Å². The number of Topliss-reactive ketones (excluding diaryl/α,β-unsaturated/α-hetero) is 1. The van der Waals surface area contributed by atoms with Crippen molar-refractivity contribution in [2.45, 2.75) is 97.2 Å². The Balaban J connectivity index is 1.66. The molecule has 0 spiro atoms. The number of aliphatic hydroxyl groups is 1. The lowest BCUT2D eigenvalue weighted by molar-refractivity contribution is -0.192. The number of aliphatic hydroxyl groups excluding tert-OH is 1. The van der Waals surface area contributed by atoms with Crippen LogP contribution in [0.1, 0.15) is 85.5 Å². The van der Waals surface area contributed by atoms with Crippen molar-refractivity contribution in [3.63, 3.8) is 0 Å². The molecule has 27 heavy (non-hydrogen) atoms. The Labute approximate surface area is 163 Å². The zero-order chi connectivity index (χ0) is 19.6. The van der Waals surface area contributed by atoms with E-state index in [1.807, 2.05) is 0 Å². The average Bonchev–Trinajstić information content (AvgIpc) is 2.89. The fourth-order valence-corrected chi connectivity index (χ4v) is 8.30. The van der Waals surface area contributed by atoms with E-state index in [1.165, 1.54) is 19.8 Å². The molecule has 0 aliphatic heterocycles. The van der Waals surface area contributed by atoms with Crippen LogP contribution in [0.5, 0.6) is 0 Å². The second-order valence-corrected chi connectivity index (χ2v) is 10.6. The highest BCUT2D eigenvalue weighted by atomic mass is 16.6. The van der Waals surface area contributed by atoms with Gasteiger partial charge in [0, 0.05) is 12.3 Å². The van der Waals surface area contributed by atoms with Crippen molar-refractivity contribution in [3.8, 4) is 0 Å². The molecule has 4 nitrogen and oxygen atoms in total. The molecule has 0 aromatic rings. The molecule has 4 aliphatic carbocycles. The van der Waals surface area contributed by atoms with E-state index in [9.17, 15) is 14.7 Å². The third kappa shape index (κ3) is 2.58. The van der Waals surface area contributed by atoms with Crippen LogP contribution in [-0.4, -0.2) is 28.6 Å². The van der Waals surface area contributed by atoms with Gasteiger partial charge in [0.05, 0.1) is 6.10 Å². The van der Waals surface area contributed by atoms with Gasteiger partial charge in [0.25, 0.3) is 0 Å². The number of esters is 1. The number of rotatable bonds is 2. The van der Waals surface area contributed by atoms with Gasteiger partial charge in [-0.3, -0.25) is 9.59 Å². The summed E-state index contributed by atoms with van der Waals surface area (Å²) in [5.41, 5.74) is -0.829. The van der Waals surface area contributed by atoms with Crippen LogP contribution in [0.25, 0.3) is 0 Å². The van der Waals surface area contributed by atoms with Crippen LogP contribution in [0.4, 0.5) is 0 Å². The minimum Gasteiger partial charge on any atom is -0.451 e. The Morgan fingerprint density at radius 1 is 0.926 bits per heavy atom. The maximum atomic E-state index is 12.7. The summed E-state index contributed by atoms with van der Waals surface area (Å²) in [6, 6.07) is 0. The normalized spacial score (nSPS) is 51.7. The predicted molar refractivity (Wildman–Crippen MR) is 103 cm³/mol. The number of hydrogen-bond acceptors (Lipinski definition) is 4. The second kappa shape index (κ2) is 6.30. The van der Waals surface area contributed by atoms with Crippen molar-refractivity contribution >= 4 is 11.8 Å². The molecule has 0 aromatic carbocycles. The van der Waals surface area contributed by atoms with Gasteiger partial charge in [-0.15, -0.1) is 0 Å². The summed E-state index contributed by atoms with van der Waals surface area (Å²) in [5, 5.41) is 10.2. The van der Waals surface area contributed by atoms with Gasteiger partial charge in [-0.25, -0.2) is 0 Å². The maximum Gasteiger partial charge on any atom is 0.303 e. The third-order valence-electron chi connectivity index (χ3n) is 9.64. The zero-order valence-corrected chi connectivity index (χ0v) is 17.4. The molecule has 0 heterocycles. The first kappa shape index (κ1) is 19.4. The third-order valence-corrected chi connectivity index (χ3v) is 9.64. The van der Waals surface area contributed by atoms with E-state index in [1.54, 1.807) is 6.92 Å². The Hall–Kier alpha value is -0.900. The number of hydrogen-bond donors (Lipinski definition) is 1. The van der Waals surface area contributed by atoms with Crippen molar-refractivity contribution < 1.29 is 19.4 Å².